The van der Waals surface area contributed by atoms with Gasteiger partial charge in [-0.15, -0.1) is 0 Å². The zero-order chi connectivity index (χ0) is 8.43. The number of nitrogens with one attached hydrogen (secondary N) is 1. The van der Waals surface area contributed by atoms with E-state index >= 15 is 0 Å². The first-order chi connectivity index (χ1) is 5.16. The maximum atomic E-state index is 10.7. The van der Waals surface area contributed by atoms with Crippen molar-refractivity contribution in [1.82, 2.24) is 10.2 Å². The van der Waals surface area contributed by atoms with Crippen LogP contribution in [0.2, 0.25) is 0 Å². The van der Waals surface area contributed by atoms with Gasteiger partial charge >= 0.3 is 0 Å². The Labute approximate surface area is 64.8 Å². The van der Waals surface area contributed by atoms with Crippen molar-refractivity contribution in [3.63, 3.8) is 0 Å². The number of nitrogens with zero attached hydrogens (tertiary/aromatic N) is 1. The van der Waals surface area contributed by atoms with Crippen molar-refractivity contribution >= 4 is 5.91 Å². The van der Waals surface area contributed by atoms with Gasteiger partial charge in [-0.25, -0.2) is 0 Å². The highest BCUT2D eigenvalue weighted by Crippen LogP contribution is 2.08. The summed E-state index contributed by atoms with van der Waals surface area (Å²) in [4.78, 5) is 10.7. The molecule has 1 rings (SSSR count). The van der Waals surface area contributed by atoms with Crippen molar-refractivity contribution < 1.29 is 4.79 Å². The lowest BCUT2D eigenvalue weighted by molar-refractivity contribution is 0.0995. The summed E-state index contributed by atoms with van der Waals surface area (Å²) in [5.41, 5.74) is 7.24. The quantitative estimate of drug-likeness (QED) is 0.644. The summed E-state index contributed by atoms with van der Waals surface area (Å²) in [5.74, 6) is -0.474. The fraction of sp³-hybridized carbons (Fsp3) is 0.429. The number of aromatic nitrogens is 2. The molecule has 0 radical (unpaired) electrons. The average Bonchev–Trinajstić information content (AvgIpc) is 2.30. The lowest BCUT2D eigenvalue weighted by Gasteiger charge is -1.91. The first-order valence-electron chi connectivity index (χ1n) is 3.50. The van der Waals surface area contributed by atoms with Gasteiger partial charge in [0, 0.05) is 11.3 Å². The zero-order valence-electron chi connectivity index (χ0n) is 6.64. The Bertz CT molecular complexity index is 277. The molecule has 1 aromatic rings. The Hall–Kier alpha value is -1.32. The molecule has 3 N–H and O–H groups in total. The van der Waals surface area contributed by atoms with Gasteiger partial charge in [-0.2, -0.15) is 5.10 Å². The molecule has 1 aromatic heterocycles. The Morgan fingerprint density at radius 2 is 2.36 bits per heavy atom. The number of hydrogen-bond acceptors (Lipinski definition) is 2. The van der Waals surface area contributed by atoms with E-state index in [9.17, 15) is 4.79 Å². The summed E-state index contributed by atoms with van der Waals surface area (Å²) < 4.78 is 0. The number of carbonyl (C=O) groups excluding carboxylic acids is 1. The zero-order valence-corrected chi connectivity index (χ0v) is 6.64. The van der Waals surface area contributed by atoms with E-state index in [1.807, 2.05) is 13.8 Å². The van der Waals surface area contributed by atoms with E-state index in [1.165, 1.54) is 0 Å². The van der Waals surface area contributed by atoms with Gasteiger partial charge in [-0.05, 0) is 13.3 Å². The summed E-state index contributed by atoms with van der Waals surface area (Å²) in [6.07, 6.45) is 0.839. The molecule has 4 heteroatoms. The minimum atomic E-state index is -0.474. The number of primary amides is 1. The number of rotatable bonds is 2. The molecular formula is C7H11N3O. The van der Waals surface area contributed by atoms with E-state index in [0.29, 0.717) is 5.69 Å². The van der Waals surface area contributed by atoms with Crippen LogP contribution >= 0.6 is 0 Å². The molecule has 60 valence electrons. The van der Waals surface area contributed by atoms with Gasteiger partial charge in [0.1, 0.15) is 0 Å². The number of amides is 1. The molecular weight excluding hydrogens is 142 g/mol. The lowest BCUT2D eigenvalue weighted by Crippen LogP contribution is -2.12. The fourth-order valence-electron chi connectivity index (χ4n) is 1.02. The van der Waals surface area contributed by atoms with Crippen molar-refractivity contribution in [2.75, 3.05) is 0 Å². The molecule has 0 aliphatic heterocycles. The summed E-state index contributed by atoms with van der Waals surface area (Å²) in [6, 6.07) is 0. The second-order valence-corrected chi connectivity index (χ2v) is 2.39. The van der Waals surface area contributed by atoms with Crippen LogP contribution in [0.1, 0.15) is 28.7 Å². The second kappa shape index (κ2) is 2.74. The van der Waals surface area contributed by atoms with E-state index in [-0.39, 0.29) is 0 Å². The first kappa shape index (κ1) is 7.78. The Balaban J connectivity index is 3.10. The maximum absolute atomic E-state index is 10.7. The SMILES string of the molecule is CCc1[nH]nc(C(N)=O)c1C. The molecule has 1 heterocycles. The van der Waals surface area contributed by atoms with Gasteiger partial charge in [0.2, 0.25) is 0 Å². The number of aryl methyl sites for hydroxylation is 1. The maximum Gasteiger partial charge on any atom is 0.269 e. The van der Waals surface area contributed by atoms with Crippen LogP contribution in [0, 0.1) is 6.92 Å². The van der Waals surface area contributed by atoms with Crippen molar-refractivity contribution in [2.24, 2.45) is 5.73 Å². The highest BCUT2D eigenvalue weighted by Gasteiger charge is 2.11. The fourth-order valence-corrected chi connectivity index (χ4v) is 1.02. The molecule has 4 nitrogen and oxygen atoms in total. The van der Waals surface area contributed by atoms with Crippen LogP contribution in [0.3, 0.4) is 0 Å². The molecule has 0 unspecified atom stereocenters. The molecule has 0 atom stereocenters. The molecule has 0 saturated carbocycles. The lowest BCUT2D eigenvalue weighted by atomic mass is 10.2. The summed E-state index contributed by atoms with van der Waals surface area (Å²) in [5, 5.41) is 6.54. The molecule has 0 aliphatic carbocycles. The smallest absolute Gasteiger partial charge is 0.269 e. The van der Waals surface area contributed by atoms with Gasteiger partial charge in [0.15, 0.2) is 5.69 Å². The van der Waals surface area contributed by atoms with Crippen molar-refractivity contribution in [3.8, 4) is 0 Å². The predicted molar refractivity (Wildman–Crippen MR) is 41.2 cm³/mol. The standard InChI is InChI=1S/C7H11N3O/c1-3-5-4(2)6(7(8)11)10-9-5/h3H2,1-2H3,(H2,8,11)(H,9,10). The minimum Gasteiger partial charge on any atom is -0.364 e. The van der Waals surface area contributed by atoms with Crippen LogP contribution in [-0.4, -0.2) is 16.1 Å². The van der Waals surface area contributed by atoms with Crippen LogP contribution in [-0.2, 0) is 6.42 Å². The number of H-pyrrole nitrogens is 1. The number of aromatic amines is 1. The minimum absolute atomic E-state index is 0.349. The summed E-state index contributed by atoms with van der Waals surface area (Å²) in [7, 11) is 0. The normalized spacial score (nSPS) is 10.0. The molecule has 0 aromatic carbocycles. The van der Waals surface area contributed by atoms with E-state index in [4.69, 9.17) is 5.73 Å². The molecule has 11 heavy (non-hydrogen) atoms. The van der Waals surface area contributed by atoms with Crippen molar-refractivity contribution in [3.05, 3.63) is 17.0 Å². The van der Waals surface area contributed by atoms with Gasteiger partial charge in [0.05, 0.1) is 0 Å². The van der Waals surface area contributed by atoms with E-state index in [0.717, 1.165) is 17.7 Å². The van der Waals surface area contributed by atoms with Crippen LogP contribution in [0.25, 0.3) is 0 Å². The van der Waals surface area contributed by atoms with Crippen LogP contribution in [0.15, 0.2) is 0 Å². The summed E-state index contributed by atoms with van der Waals surface area (Å²) in [6.45, 7) is 3.83. The topological polar surface area (TPSA) is 71.8 Å². The monoisotopic (exact) mass is 153 g/mol. The molecule has 0 fully saturated rings. The third-order valence-corrected chi connectivity index (χ3v) is 1.70. The largest absolute Gasteiger partial charge is 0.364 e. The van der Waals surface area contributed by atoms with Gasteiger partial charge < -0.3 is 5.73 Å². The third kappa shape index (κ3) is 1.24. The van der Waals surface area contributed by atoms with Crippen LogP contribution in [0.5, 0.6) is 0 Å². The Morgan fingerprint density at radius 1 is 1.73 bits per heavy atom. The number of carbonyl (C=O) groups is 1. The molecule has 0 bridgehead atoms. The highest BCUT2D eigenvalue weighted by atomic mass is 16.1. The molecule has 0 spiro atoms. The second-order valence-electron chi connectivity index (χ2n) is 2.39. The van der Waals surface area contributed by atoms with Crippen LogP contribution < -0.4 is 5.73 Å². The molecule has 1 amide bonds. The van der Waals surface area contributed by atoms with E-state index < -0.39 is 5.91 Å². The number of nitrogens with two attached hydrogens (primary N) is 1. The summed E-state index contributed by atoms with van der Waals surface area (Å²) >= 11 is 0. The molecule has 0 saturated heterocycles. The van der Waals surface area contributed by atoms with E-state index in [1.54, 1.807) is 0 Å². The first-order valence-corrected chi connectivity index (χ1v) is 3.50. The molecule has 0 aliphatic rings. The van der Waals surface area contributed by atoms with Gasteiger partial charge in [-0.3, -0.25) is 9.89 Å². The van der Waals surface area contributed by atoms with Gasteiger partial charge in [-0.1, -0.05) is 6.92 Å². The van der Waals surface area contributed by atoms with Gasteiger partial charge in [0.25, 0.3) is 5.91 Å². The Morgan fingerprint density at radius 3 is 2.64 bits per heavy atom. The van der Waals surface area contributed by atoms with E-state index in [2.05, 4.69) is 10.2 Å². The third-order valence-electron chi connectivity index (χ3n) is 1.70. The highest BCUT2D eigenvalue weighted by molar-refractivity contribution is 5.92. The average molecular weight is 153 g/mol. The Kier molecular flexibility index (Phi) is 1.94. The van der Waals surface area contributed by atoms with Crippen molar-refractivity contribution in [2.45, 2.75) is 20.3 Å². The van der Waals surface area contributed by atoms with Crippen LogP contribution in [0.4, 0.5) is 0 Å². The van der Waals surface area contributed by atoms with Crippen molar-refractivity contribution in [1.29, 1.82) is 0 Å². The predicted octanol–water partition coefficient (Wildman–Crippen LogP) is 0.379. The number of hydrogen-bond donors (Lipinski definition) is 2.